The second kappa shape index (κ2) is 10.3. The Morgan fingerprint density at radius 3 is 2.00 bits per heavy atom. The summed E-state index contributed by atoms with van der Waals surface area (Å²) in [7, 11) is -4.00. The Bertz CT molecular complexity index is 1290. The minimum atomic E-state index is -4.00. The zero-order valence-corrected chi connectivity index (χ0v) is 22.1. The maximum atomic E-state index is 14.1. The van der Waals surface area contributed by atoms with Crippen molar-refractivity contribution in [2.75, 3.05) is 0 Å². The van der Waals surface area contributed by atoms with Crippen LogP contribution in [0.15, 0.2) is 82.6 Å². The van der Waals surface area contributed by atoms with E-state index >= 15 is 0 Å². The van der Waals surface area contributed by atoms with Crippen LogP contribution in [0.25, 0.3) is 0 Å². The molecule has 1 fully saturated rings. The van der Waals surface area contributed by atoms with Crippen LogP contribution < -0.4 is 0 Å². The van der Waals surface area contributed by atoms with Crippen molar-refractivity contribution in [3.05, 3.63) is 94.5 Å². The minimum Gasteiger partial charge on any atom is -0.481 e. The van der Waals surface area contributed by atoms with E-state index in [2.05, 4.69) is 0 Å². The van der Waals surface area contributed by atoms with Crippen molar-refractivity contribution in [3.8, 4) is 0 Å². The van der Waals surface area contributed by atoms with Crippen molar-refractivity contribution in [2.45, 2.75) is 54.3 Å². The van der Waals surface area contributed by atoms with Crippen LogP contribution in [-0.4, -0.2) is 35.1 Å². The number of sulfonamides is 1. The lowest BCUT2D eigenvalue weighted by molar-refractivity contribution is -0.142. The van der Waals surface area contributed by atoms with E-state index < -0.39 is 39.2 Å². The zero-order chi connectivity index (χ0) is 25.3. The predicted molar refractivity (Wildman–Crippen MR) is 140 cm³/mol. The van der Waals surface area contributed by atoms with E-state index in [0.717, 1.165) is 16.0 Å². The third-order valence-corrected chi connectivity index (χ3v) is 10.1. The molecule has 0 aliphatic carbocycles. The molecular formula is C27H28ClNO4S2. The van der Waals surface area contributed by atoms with Gasteiger partial charge in [-0.15, -0.1) is 11.8 Å². The van der Waals surface area contributed by atoms with Crippen molar-refractivity contribution < 1.29 is 18.3 Å². The Morgan fingerprint density at radius 2 is 1.49 bits per heavy atom. The first-order chi connectivity index (χ1) is 16.6. The van der Waals surface area contributed by atoms with Gasteiger partial charge in [0.1, 0.15) is 0 Å². The normalized spacial score (nSPS) is 22.9. The monoisotopic (exact) mass is 529 g/mol. The molecule has 1 saturated heterocycles. The van der Waals surface area contributed by atoms with Crippen molar-refractivity contribution >= 4 is 39.4 Å². The molecule has 4 rings (SSSR count). The number of hydrogen-bond donors (Lipinski definition) is 1. The van der Waals surface area contributed by atoms with Crippen molar-refractivity contribution in [2.24, 2.45) is 5.92 Å². The van der Waals surface area contributed by atoms with Gasteiger partial charge in [-0.05, 0) is 62.2 Å². The highest BCUT2D eigenvalue weighted by molar-refractivity contribution is 8.00. The maximum absolute atomic E-state index is 14.1. The molecule has 0 spiro atoms. The van der Waals surface area contributed by atoms with Gasteiger partial charge in [-0.25, -0.2) is 8.42 Å². The van der Waals surface area contributed by atoms with E-state index in [1.807, 2.05) is 45.0 Å². The van der Waals surface area contributed by atoms with E-state index in [1.165, 1.54) is 16.1 Å². The average Bonchev–Trinajstić information content (AvgIpc) is 3.16. The van der Waals surface area contributed by atoms with Crippen molar-refractivity contribution in [1.82, 2.24) is 4.31 Å². The van der Waals surface area contributed by atoms with Crippen molar-refractivity contribution in [3.63, 3.8) is 0 Å². The summed E-state index contributed by atoms with van der Waals surface area (Å²) in [4.78, 5) is 13.8. The summed E-state index contributed by atoms with van der Waals surface area (Å²) in [6.45, 7) is 5.80. The first kappa shape index (κ1) is 25.8. The average molecular weight is 530 g/mol. The van der Waals surface area contributed by atoms with Crippen LogP contribution in [0.4, 0.5) is 0 Å². The van der Waals surface area contributed by atoms with Gasteiger partial charge in [0.2, 0.25) is 10.0 Å². The third kappa shape index (κ3) is 5.14. The number of carbonyl (C=O) groups is 1. The predicted octanol–water partition coefficient (Wildman–Crippen LogP) is 6.34. The highest BCUT2D eigenvalue weighted by Gasteiger charge is 2.57. The summed E-state index contributed by atoms with van der Waals surface area (Å²) in [6, 6.07) is 20.0. The Labute approximate surface area is 216 Å². The van der Waals surface area contributed by atoms with Gasteiger partial charge in [0.05, 0.1) is 16.9 Å². The highest BCUT2D eigenvalue weighted by Crippen LogP contribution is 2.51. The SMILES string of the molecule is CC[C@@H]1[C@@H](Sc2ccc(C)cc2)[C@@H](C(=O)O)[C@H](c2ccc(Cl)cc2)N1S(=O)(=O)c1ccc(C)cc1. The molecule has 4 atom stereocenters. The number of halogens is 1. The number of nitrogens with zero attached hydrogens (tertiary/aromatic N) is 1. The largest absolute Gasteiger partial charge is 0.481 e. The first-order valence-corrected chi connectivity index (χ1v) is 14.1. The van der Waals surface area contributed by atoms with Crippen LogP contribution in [-0.2, 0) is 14.8 Å². The fourth-order valence-electron chi connectivity index (χ4n) is 4.72. The maximum Gasteiger partial charge on any atom is 0.309 e. The smallest absolute Gasteiger partial charge is 0.309 e. The Morgan fingerprint density at radius 1 is 0.943 bits per heavy atom. The van der Waals surface area contributed by atoms with Gasteiger partial charge in [-0.3, -0.25) is 4.79 Å². The quantitative estimate of drug-likeness (QED) is 0.386. The van der Waals surface area contributed by atoms with Gasteiger partial charge in [0.25, 0.3) is 0 Å². The Balaban J connectivity index is 1.89. The van der Waals surface area contributed by atoms with Crippen LogP contribution in [0.3, 0.4) is 0 Å². The first-order valence-electron chi connectivity index (χ1n) is 11.4. The lowest BCUT2D eigenvalue weighted by Crippen LogP contribution is -2.39. The minimum absolute atomic E-state index is 0.158. The number of aliphatic carboxylic acids is 1. The van der Waals surface area contributed by atoms with E-state index in [9.17, 15) is 18.3 Å². The topological polar surface area (TPSA) is 74.7 Å². The second-order valence-corrected chi connectivity index (χ2v) is 12.4. The summed E-state index contributed by atoms with van der Waals surface area (Å²) in [5.41, 5.74) is 2.66. The van der Waals surface area contributed by atoms with E-state index in [4.69, 9.17) is 11.6 Å². The molecule has 0 bridgehead atoms. The number of carboxylic acids is 1. The van der Waals surface area contributed by atoms with Gasteiger partial charge >= 0.3 is 5.97 Å². The molecule has 3 aromatic carbocycles. The molecule has 1 heterocycles. The van der Waals surface area contributed by atoms with Crippen LogP contribution in [0.5, 0.6) is 0 Å². The lowest BCUT2D eigenvalue weighted by Gasteiger charge is -2.30. The number of thioether (sulfide) groups is 1. The van der Waals surface area contributed by atoms with Gasteiger partial charge in [0, 0.05) is 21.2 Å². The second-order valence-electron chi connectivity index (χ2n) is 8.88. The number of carboxylic acid groups (broad SMARTS) is 1. The number of benzene rings is 3. The molecule has 3 aromatic rings. The Hall–Kier alpha value is -2.32. The molecule has 184 valence electrons. The van der Waals surface area contributed by atoms with Gasteiger partial charge in [0.15, 0.2) is 0 Å². The van der Waals surface area contributed by atoms with Gasteiger partial charge < -0.3 is 5.11 Å². The molecule has 1 N–H and O–H groups in total. The molecular weight excluding hydrogens is 502 g/mol. The molecule has 1 aliphatic heterocycles. The van der Waals surface area contributed by atoms with E-state index in [1.54, 1.807) is 48.5 Å². The summed E-state index contributed by atoms with van der Waals surface area (Å²) in [5.74, 6) is -1.97. The lowest BCUT2D eigenvalue weighted by atomic mass is 9.93. The van der Waals surface area contributed by atoms with Crippen LogP contribution in [0, 0.1) is 19.8 Å². The third-order valence-electron chi connectivity index (χ3n) is 6.48. The fourth-order valence-corrected chi connectivity index (χ4v) is 8.33. The summed E-state index contributed by atoms with van der Waals surface area (Å²) in [6.07, 6.45) is 0.475. The number of hydrogen-bond acceptors (Lipinski definition) is 4. The molecule has 0 aromatic heterocycles. The van der Waals surface area contributed by atoms with Crippen LogP contribution in [0.2, 0.25) is 5.02 Å². The number of rotatable bonds is 7. The van der Waals surface area contributed by atoms with E-state index in [-0.39, 0.29) is 4.90 Å². The number of aryl methyl sites for hydroxylation is 2. The molecule has 8 heteroatoms. The standard InChI is InChI=1S/C27H28ClNO4S2/c1-4-23-26(34-21-13-5-17(2)6-14-21)24(27(30)31)25(19-9-11-20(28)12-10-19)29(23)35(32,33)22-15-7-18(3)8-16-22/h5-16,23-26H,4H2,1-3H3,(H,30,31)/t23-,24+,25+,26-/m1/s1. The molecule has 1 aliphatic rings. The van der Waals surface area contributed by atoms with Crippen LogP contribution >= 0.6 is 23.4 Å². The molecule has 0 saturated carbocycles. The molecule has 5 nitrogen and oxygen atoms in total. The van der Waals surface area contributed by atoms with Gasteiger partial charge in [-0.2, -0.15) is 4.31 Å². The molecule has 0 radical (unpaired) electrons. The summed E-state index contributed by atoms with van der Waals surface area (Å²) >= 11 is 7.54. The van der Waals surface area contributed by atoms with Gasteiger partial charge in [-0.1, -0.05) is 66.0 Å². The van der Waals surface area contributed by atoms with Crippen molar-refractivity contribution in [1.29, 1.82) is 0 Å². The highest BCUT2D eigenvalue weighted by atomic mass is 35.5. The fraction of sp³-hybridized carbons (Fsp3) is 0.296. The Kier molecular flexibility index (Phi) is 7.62. The van der Waals surface area contributed by atoms with E-state index in [0.29, 0.717) is 17.0 Å². The summed E-state index contributed by atoms with van der Waals surface area (Å²) in [5, 5.41) is 10.5. The molecule has 0 unspecified atom stereocenters. The summed E-state index contributed by atoms with van der Waals surface area (Å²) < 4.78 is 29.6. The van der Waals surface area contributed by atoms with Crippen LogP contribution in [0.1, 0.15) is 36.1 Å². The molecule has 35 heavy (non-hydrogen) atoms. The zero-order valence-electron chi connectivity index (χ0n) is 19.8. The molecule has 0 amide bonds.